The van der Waals surface area contributed by atoms with Gasteiger partial charge in [0.05, 0.1) is 6.61 Å². The molecular formula is C7H13ClF3NO. The summed E-state index contributed by atoms with van der Waals surface area (Å²) in [6, 6.07) is 0. The fraction of sp³-hybridized carbons (Fsp3) is 1.00. The number of hydrogen-bond donors (Lipinski definition) is 1. The highest BCUT2D eigenvalue weighted by Crippen LogP contribution is 2.15. The zero-order valence-corrected chi connectivity index (χ0v) is 8.08. The Hall–Kier alpha value is -0.0000000000000000555. The first-order valence-corrected chi connectivity index (χ1v) is 4.41. The molecule has 0 rings (SSSR count). The molecule has 2 nitrogen and oxygen atoms in total. The SMILES string of the molecule is CC(Cl)CCNCCOC(F)(F)F. The summed E-state index contributed by atoms with van der Waals surface area (Å²) < 4.78 is 37.8. The lowest BCUT2D eigenvalue weighted by molar-refractivity contribution is -0.323. The zero-order valence-electron chi connectivity index (χ0n) is 7.33. The molecule has 6 heteroatoms. The lowest BCUT2D eigenvalue weighted by atomic mass is 10.3. The highest BCUT2D eigenvalue weighted by molar-refractivity contribution is 6.20. The summed E-state index contributed by atoms with van der Waals surface area (Å²) in [7, 11) is 0. The van der Waals surface area contributed by atoms with Crippen LogP contribution in [0.1, 0.15) is 13.3 Å². The minimum absolute atomic E-state index is 0.0380. The van der Waals surface area contributed by atoms with Crippen LogP contribution in [0.15, 0.2) is 0 Å². The van der Waals surface area contributed by atoms with E-state index >= 15 is 0 Å². The Morgan fingerprint density at radius 1 is 1.38 bits per heavy atom. The Bertz CT molecular complexity index is 129. The maximum absolute atomic E-state index is 11.4. The van der Waals surface area contributed by atoms with E-state index in [1.165, 1.54) is 0 Å². The van der Waals surface area contributed by atoms with E-state index in [0.717, 1.165) is 6.42 Å². The largest absolute Gasteiger partial charge is 0.522 e. The third-order valence-electron chi connectivity index (χ3n) is 1.26. The van der Waals surface area contributed by atoms with Gasteiger partial charge in [-0.05, 0) is 19.9 Å². The van der Waals surface area contributed by atoms with Gasteiger partial charge in [0.2, 0.25) is 0 Å². The Morgan fingerprint density at radius 2 is 2.00 bits per heavy atom. The van der Waals surface area contributed by atoms with Crippen molar-refractivity contribution < 1.29 is 17.9 Å². The molecule has 0 radical (unpaired) electrons. The molecule has 0 aliphatic carbocycles. The van der Waals surface area contributed by atoms with Crippen molar-refractivity contribution in [3.05, 3.63) is 0 Å². The highest BCUT2D eigenvalue weighted by atomic mass is 35.5. The molecule has 0 aromatic heterocycles. The van der Waals surface area contributed by atoms with E-state index in [-0.39, 0.29) is 18.5 Å². The average molecular weight is 220 g/mol. The molecule has 0 aromatic carbocycles. The quantitative estimate of drug-likeness (QED) is 0.546. The first kappa shape index (κ1) is 13.0. The molecular weight excluding hydrogens is 207 g/mol. The number of ether oxygens (including phenoxy) is 1. The maximum atomic E-state index is 11.4. The van der Waals surface area contributed by atoms with Crippen molar-refractivity contribution >= 4 is 11.6 Å². The first-order chi connectivity index (χ1) is 5.92. The second kappa shape index (κ2) is 6.45. The van der Waals surface area contributed by atoms with E-state index in [1.807, 2.05) is 6.92 Å². The molecule has 13 heavy (non-hydrogen) atoms. The minimum atomic E-state index is -4.53. The standard InChI is InChI=1S/C7H13ClF3NO/c1-6(8)2-3-12-4-5-13-7(9,10)11/h6,12H,2-5H2,1H3. The third kappa shape index (κ3) is 12.0. The van der Waals surface area contributed by atoms with Gasteiger partial charge in [0.25, 0.3) is 0 Å². The molecule has 80 valence electrons. The van der Waals surface area contributed by atoms with Crippen LogP contribution in [0.5, 0.6) is 0 Å². The molecule has 1 unspecified atom stereocenters. The number of rotatable bonds is 6. The smallest absolute Gasteiger partial charge is 0.314 e. The van der Waals surface area contributed by atoms with Gasteiger partial charge in [-0.1, -0.05) is 0 Å². The van der Waals surface area contributed by atoms with Crippen molar-refractivity contribution in [1.82, 2.24) is 5.32 Å². The topological polar surface area (TPSA) is 21.3 Å². The Kier molecular flexibility index (Phi) is 6.45. The molecule has 0 aromatic rings. The highest BCUT2D eigenvalue weighted by Gasteiger charge is 2.28. The number of halogens is 4. The minimum Gasteiger partial charge on any atom is -0.314 e. The van der Waals surface area contributed by atoms with Crippen molar-refractivity contribution in [2.75, 3.05) is 19.7 Å². The molecule has 0 aliphatic rings. The second-order valence-electron chi connectivity index (χ2n) is 2.61. The van der Waals surface area contributed by atoms with Gasteiger partial charge in [-0.2, -0.15) is 0 Å². The Balaban J connectivity index is 3.09. The van der Waals surface area contributed by atoms with Crippen LogP contribution in [0.25, 0.3) is 0 Å². The van der Waals surface area contributed by atoms with Gasteiger partial charge in [0, 0.05) is 11.9 Å². The van der Waals surface area contributed by atoms with E-state index in [2.05, 4.69) is 10.1 Å². The molecule has 0 saturated heterocycles. The molecule has 1 N–H and O–H groups in total. The van der Waals surface area contributed by atoms with Crippen LogP contribution < -0.4 is 5.32 Å². The van der Waals surface area contributed by atoms with E-state index in [0.29, 0.717) is 6.54 Å². The number of hydrogen-bond acceptors (Lipinski definition) is 2. The van der Waals surface area contributed by atoms with Crippen molar-refractivity contribution in [3.8, 4) is 0 Å². The Labute approximate surface area is 80.4 Å². The molecule has 0 amide bonds. The summed E-state index contributed by atoms with van der Waals surface area (Å²) in [6.45, 7) is 2.25. The molecule has 0 saturated carbocycles. The molecule has 1 atom stereocenters. The number of nitrogens with one attached hydrogen (secondary N) is 1. The van der Waals surface area contributed by atoms with Crippen LogP contribution in [0.3, 0.4) is 0 Å². The monoisotopic (exact) mass is 219 g/mol. The van der Waals surface area contributed by atoms with Crippen LogP contribution in [-0.4, -0.2) is 31.4 Å². The predicted molar refractivity (Wildman–Crippen MR) is 44.8 cm³/mol. The van der Waals surface area contributed by atoms with E-state index < -0.39 is 6.36 Å². The molecule has 0 heterocycles. The van der Waals surface area contributed by atoms with Gasteiger partial charge in [0.1, 0.15) is 0 Å². The van der Waals surface area contributed by atoms with Crippen molar-refractivity contribution in [2.24, 2.45) is 0 Å². The van der Waals surface area contributed by atoms with Crippen LogP contribution >= 0.6 is 11.6 Å². The average Bonchev–Trinajstić information content (AvgIpc) is 1.93. The fourth-order valence-electron chi connectivity index (χ4n) is 0.665. The molecule has 0 spiro atoms. The van der Waals surface area contributed by atoms with Crippen LogP contribution in [0.2, 0.25) is 0 Å². The summed E-state index contributed by atoms with van der Waals surface area (Å²) in [5, 5.41) is 2.82. The maximum Gasteiger partial charge on any atom is 0.522 e. The van der Waals surface area contributed by atoms with Crippen LogP contribution in [0, 0.1) is 0 Å². The number of alkyl halides is 4. The third-order valence-corrected chi connectivity index (χ3v) is 1.48. The molecule has 0 bridgehead atoms. The van der Waals surface area contributed by atoms with Crippen LogP contribution in [-0.2, 0) is 4.74 Å². The lowest BCUT2D eigenvalue weighted by Gasteiger charge is -2.08. The first-order valence-electron chi connectivity index (χ1n) is 3.97. The van der Waals surface area contributed by atoms with Crippen molar-refractivity contribution in [1.29, 1.82) is 0 Å². The summed E-state index contributed by atoms with van der Waals surface area (Å²) in [5.74, 6) is 0. The van der Waals surface area contributed by atoms with Gasteiger partial charge < -0.3 is 5.32 Å². The summed E-state index contributed by atoms with van der Waals surface area (Å²) in [6.07, 6.45) is -3.80. The predicted octanol–water partition coefficient (Wildman–Crippen LogP) is 2.13. The van der Waals surface area contributed by atoms with Gasteiger partial charge in [0.15, 0.2) is 0 Å². The second-order valence-corrected chi connectivity index (χ2v) is 3.36. The molecule has 0 aliphatic heterocycles. The van der Waals surface area contributed by atoms with Gasteiger partial charge in [-0.25, -0.2) is 0 Å². The van der Waals surface area contributed by atoms with Crippen molar-refractivity contribution in [3.63, 3.8) is 0 Å². The van der Waals surface area contributed by atoms with Gasteiger partial charge in [-0.3, -0.25) is 4.74 Å². The zero-order chi connectivity index (χ0) is 10.3. The van der Waals surface area contributed by atoms with E-state index in [1.54, 1.807) is 0 Å². The summed E-state index contributed by atoms with van der Waals surface area (Å²) in [5.41, 5.74) is 0. The van der Waals surface area contributed by atoms with Gasteiger partial charge in [-0.15, -0.1) is 24.8 Å². The normalized spacial score (nSPS) is 14.5. The lowest BCUT2D eigenvalue weighted by Crippen LogP contribution is -2.25. The Morgan fingerprint density at radius 3 is 2.46 bits per heavy atom. The van der Waals surface area contributed by atoms with E-state index in [4.69, 9.17) is 11.6 Å². The van der Waals surface area contributed by atoms with Crippen LogP contribution in [0.4, 0.5) is 13.2 Å². The van der Waals surface area contributed by atoms with Crippen molar-refractivity contribution in [2.45, 2.75) is 25.1 Å². The fourth-order valence-corrected chi connectivity index (χ4v) is 0.774. The van der Waals surface area contributed by atoms with Gasteiger partial charge >= 0.3 is 6.36 Å². The summed E-state index contributed by atoms with van der Waals surface area (Å²) >= 11 is 5.61. The summed E-state index contributed by atoms with van der Waals surface area (Å²) in [4.78, 5) is 0. The molecule has 0 fully saturated rings. The van der Waals surface area contributed by atoms with E-state index in [9.17, 15) is 13.2 Å².